The number of rotatable bonds is 5. The zero-order valence-electron chi connectivity index (χ0n) is 14.8. The first-order valence-corrected chi connectivity index (χ1v) is 10.7. The number of para-hydroxylation sites is 1. The van der Waals surface area contributed by atoms with Crippen molar-refractivity contribution in [1.82, 2.24) is 15.2 Å². The number of carbonyl (C=O) groups excluding carboxylic acids is 1. The SMILES string of the molecule is O=C(c1ccc(CSc2nc3ccccc3s2)cc1)N1CCNCC1CO. The summed E-state index contributed by atoms with van der Waals surface area (Å²) in [6.45, 7) is 2.01. The molecule has 7 heteroatoms. The maximum Gasteiger partial charge on any atom is 0.254 e. The molecule has 1 aromatic heterocycles. The van der Waals surface area contributed by atoms with Gasteiger partial charge in [-0.25, -0.2) is 4.98 Å². The molecule has 0 bridgehead atoms. The Morgan fingerprint density at radius 2 is 2.07 bits per heavy atom. The smallest absolute Gasteiger partial charge is 0.254 e. The molecule has 2 aromatic carbocycles. The topological polar surface area (TPSA) is 65.5 Å². The molecule has 27 heavy (non-hydrogen) atoms. The average molecular weight is 400 g/mol. The Labute approximate surface area is 166 Å². The van der Waals surface area contributed by atoms with Gasteiger partial charge in [-0.05, 0) is 29.8 Å². The molecule has 1 fully saturated rings. The monoisotopic (exact) mass is 399 g/mol. The van der Waals surface area contributed by atoms with E-state index in [4.69, 9.17) is 0 Å². The molecule has 1 atom stereocenters. The number of carbonyl (C=O) groups is 1. The maximum absolute atomic E-state index is 12.7. The van der Waals surface area contributed by atoms with Crippen LogP contribution < -0.4 is 5.32 Å². The Morgan fingerprint density at radius 1 is 1.26 bits per heavy atom. The lowest BCUT2D eigenvalue weighted by Gasteiger charge is -2.35. The van der Waals surface area contributed by atoms with Crippen molar-refractivity contribution in [3.05, 3.63) is 59.7 Å². The Kier molecular flexibility index (Phi) is 5.73. The van der Waals surface area contributed by atoms with Gasteiger partial charge in [0.25, 0.3) is 5.91 Å². The van der Waals surface area contributed by atoms with Crippen LogP contribution in [0.15, 0.2) is 52.9 Å². The Balaban J connectivity index is 1.40. The standard InChI is InChI=1S/C20H21N3O2S2/c24-12-16-11-21-9-10-23(16)19(25)15-7-5-14(6-8-15)13-26-20-22-17-3-1-2-4-18(17)27-20/h1-8,16,21,24H,9-13H2. The Morgan fingerprint density at radius 3 is 2.85 bits per heavy atom. The van der Waals surface area contributed by atoms with E-state index < -0.39 is 0 Å². The second-order valence-corrected chi connectivity index (χ2v) is 8.73. The molecule has 1 amide bonds. The van der Waals surface area contributed by atoms with E-state index >= 15 is 0 Å². The van der Waals surface area contributed by atoms with Gasteiger partial charge in [-0.15, -0.1) is 11.3 Å². The summed E-state index contributed by atoms with van der Waals surface area (Å²) >= 11 is 3.42. The van der Waals surface area contributed by atoms with Crippen LogP contribution in [0.4, 0.5) is 0 Å². The third-order valence-corrected chi connectivity index (χ3v) is 6.91. The molecule has 140 valence electrons. The lowest BCUT2D eigenvalue weighted by atomic mass is 10.1. The van der Waals surface area contributed by atoms with Crippen molar-refractivity contribution >= 4 is 39.2 Å². The molecule has 0 radical (unpaired) electrons. The number of nitrogens with one attached hydrogen (secondary N) is 1. The molecule has 1 aliphatic heterocycles. The fraction of sp³-hybridized carbons (Fsp3) is 0.300. The van der Waals surface area contributed by atoms with Gasteiger partial charge in [-0.3, -0.25) is 4.79 Å². The van der Waals surface area contributed by atoms with Gasteiger partial charge in [0.1, 0.15) is 0 Å². The third kappa shape index (κ3) is 4.16. The van der Waals surface area contributed by atoms with Gasteiger partial charge in [0.15, 0.2) is 4.34 Å². The molecule has 2 heterocycles. The number of benzene rings is 2. The summed E-state index contributed by atoms with van der Waals surface area (Å²) in [7, 11) is 0. The minimum absolute atomic E-state index is 0.0130. The average Bonchev–Trinajstić information content (AvgIpc) is 3.15. The minimum Gasteiger partial charge on any atom is -0.394 e. The summed E-state index contributed by atoms with van der Waals surface area (Å²) in [6, 6.07) is 15.8. The number of hydrogen-bond donors (Lipinski definition) is 2. The molecule has 5 nitrogen and oxygen atoms in total. The van der Waals surface area contributed by atoms with Gasteiger partial charge < -0.3 is 15.3 Å². The summed E-state index contributed by atoms with van der Waals surface area (Å²) in [4.78, 5) is 19.1. The van der Waals surface area contributed by atoms with Crippen LogP contribution in [0.2, 0.25) is 0 Å². The number of hydrogen-bond acceptors (Lipinski definition) is 6. The Hall–Kier alpha value is -1.93. The van der Waals surface area contributed by atoms with Crippen molar-refractivity contribution in [2.45, 2.75) is 16.1 Å². The van der Waals surface area contributed by atoms with E-state index in [9.17, 15) is 9.90 Å². The van der Waals surface area contributed by atoms with Gasteiger partial charge in [-0.1, -0.05) is 36.0 Å². The summed E-state index contributed by atoms with van der Waals surface area (Å²) in [5.74, 6) is 0.808. The van der Waals surface area contributed by atoms with Crippen LogP contribution in [-0.2, 0) is 5.75 Å². The van der Waals surface area contributed by atoms with E-state index in [0.717, 1.165) is 27.7 Å². The summed E-state index contributed by atoms with van der Waals surface area (Å²) in [6.07, 6.45) is 0. The lowest BCUT2D eigenvalue weighted by molar-refractivity contribution is 0.0536. The van der Waals surface area contributed by atoms with Crippen molar-refractivity contribution in [2.24, 2.45) is 0 Å². The van der Waals surface area contributed by atoms with Gasteiger partial charge in [-0.2, -0.15) is 0 Å². The van der Waals surface area contributed by atoms with Crippen LogP contribution in [-0.4, -0.2) is 53.2 Å². The number of thiazole rings is 1. The number of aliphatic hydroxyl groups excluding tert-OH is 1. The molecular formula is C20H21N3O2S2. The zero-order valence-corrected chi connectivity index (χ0v) is 16.4. The highest BCUT2D eigenvalue weighted by molar-refractivity contribution is 8.00. The third-order valence-electron chi connectivity index (χ3n) is 4.66. The maximum atomic E-state index is 12.7. The number of fused-ring (bicyclic) bond motifs is 1. The van der Waals surface area contributed by atoms with E-state index in [1.165, 1.54) is 4.70 Å². The second-order valence-electron chi connectivity index (χ2n) is 6.47. The zero-order chi connectivity index (χ0) is 18.6. The molecule has 0 aliphatic carbocycles. The largest absolute Gasteiger partial charge is 0.394 e. The molecule has 3 aromatic rings. The normalized spacial score (nSPS) is 17.4. The molecule has 1 saturated heterocycles. The molecule has 4 rings (SSSR count). The predicted octanol–water partition coefficient (Wildman–Crippen LogP) is 2.99. The van der Waals surface area contributed by atoms with Crippen LogP contribution in [0, 0.1) is 0 Å². The van der Waals surface area contributed by atoms with E-state index in [-0.39, 0.29) is 18.6 Å². The van der Waals surface area contributed by atoms with Gasteiger partial charge in [0.05, 0.1) is 22.9 Å². The molecule has 0 saturated carbocycles. The second kappa shape index (κ2) is 8.39. The van der Waals surface area contributed by atoms with Gasteiger partial charge in [0, 0.05) is 31.0 Å². The highest BCUT2D eigenvalue weighted by Crippen LogP contribution is 2.31. The van der Waals surface area contributed by atoms with Crippen LogP contribution in [0.1, 0.15) is 15.9 Å². The van der Waals surface area contributed by atoms with Crippen molar-refractivity contribution in [1.29, 1.82) is 0 Å². The molecule has 1 unspecified atom stereocenters. The summed E-state index contributed by atoms with van der Waals surface area (Å²) in [5.41, 5.74) is 2.87. The lowest BCUT2D eigenvalue weighted by Crippen LogP contribution is -2.55. The van der Waals surface area contributed by atoms with E-state index in [1.807, 2.05) is 42.5 Å². The van der Waals surface area contributed by atoms with Crippen LogP contribution >= 0.6 is 23.1 Å². The van der Waals surface area contributed by atoms with Crippen molar-refractivity contribution in [2.75, 3.05) is 26.2 Å². The highest BCUT2D eigenvalue weighted by atomic mass is 32.2. The van der Waals surface area contributed by atoms with Gasteiger partial charge >= 0.3 is 0 Å². The van der Waals surface area contributed by atoms with Crippen molar-refractivity contribution < 1.29 is 9.90 Å². The summed E-state index contributed by atoms with van der Waals surface area (Å²) in [5, 5.41) is 12.7. The number of amides is 1. The van der Waals surface area contributed by atoms with Crippen LogP contribution in [0.25, 0.3) is 10.2 Å². The first-order chi connectivity index (χ1) is 13.2. The minimum atomic E-state index is -0.152. The Bertz CT molecular complexity index is 893. The number of nitrogens with zero attached hydrogens (tertiary/aromatic N) is 2. The fourth-order valence-electron chi connectivity index (χ4n) is 3.16. The van der Waals surface area contributed by atoms with Crippen molar-refractivity contribution in [3.8, 4) is 0 Å². The van der Waals surface area contributed by atoms with E-state index in [0.29, 0.717) is 18.7 Å². The van der Waals surface area contributed by atoms with Crippen LogP contribution in [0.5, 0.6) is 0 Å². The van der Waals surface area contributed by atoms with E-state index in [1.54, 1.807) is 28.0 Å². The van der Waals surface area contributed by atoms with Crippen molar-refractivity contribution in [3.63, 3.8) is 0 Å². The first-order valence-electron chi connectivity index (χ1n) is 8.94. The number of thioether (sulfide) groups is 1. The number of piperazine rings is 1. The number of aliphatic hydroxyl groups is 1. The fourth-order valence-corrected chi connectivity index (χ4v) is 5.18. The number of aromatic nitrogens is 1. The summed E-state index contributed by atoms with van der Waals surface area (Å²) < 4.78 is 2.26. The quantitative estimate of drug-likeness (QED) is 0.646. The first kappa shape index (κ1) is 18.4. The van der Waals surface area contributed by atoms with E-state index in [2.05, 4.69) is 16.4 Å². The van der Waals surface area contributed by atoms with Gasteiger partial charge in [0.2, 0.25) is 0 Å². The molecular weight excluding hydrogens is 378 g/mol. The predicted molar refractivity (Wildman–Crippen MR) is 110 cm³/mol. The highest BCUT2D eigenvalue weighted by Gasteiger charge is 2.26. The van der Waals surface area contributed by atoms with Crippen LogP contribution in [0.3, 0.4) is 0 Å². The molecule has 0 spiro atoms. The molecule has 1 aliphatic rings. The molecule has 2 N–H and O–H groups in total.